The Kier molecular flexibility index (Phi) is 6.81. The van der Waals surface area contributed by atoms with Crippen LogP contribution < -0.4 is 5.32 Å². The molecule has 1 amide bonds. The number of aryl methyl sites for hydroxylation is 1. The van der Waals surface area contributed by atoms with E-state index in [1.807, 2.05) is 11.8 Å². The van der Waals surface area contributed by atoms with E-state index in [0.717, 1.165) is 23.8 Å². The van der Waals surface area contributed by atoms with Gasteiger partial charge >= 0.3 is 0 Å². The average Bonchev–Trinajstić information content (AvgIpc) is 2.50. The van der Waals surface area contributed by atoms with E-state index < -0.39 is 0 Å². The Bertz CT molecular complexity index is 471. The van der Waals surface area contributed by atoms with Crippen LogP contribution >= 0.6 is 11.8 Å². The monoisotopic (exact) mass is 319 g/mol. The van der Waals surface area contributed by atoms with Crippen molar-refractivity contribution in [3.8, 4) is 0 Å². The van der Waals surface area contributed by atoms with Gasteiger partial charge in [0.25, 0.3) is 0 Å². The number of thioether (sulfide) groups is 1. The van der Waals surface area contributed by atoms with Gasteiger partial charge in [0, 0.05) is 24.0 Å². The number of hydrogen-bond donors (Lipinski definition) is 1. The Morgan fingerprint density at radius 3 is 2.68 bits per heavy atom. The highest BCUT2D eigenvalue weighted by molar-refractivity contribution is 7.98. The molecule has 0 bridgehead atoms. The average molecular weight is 320 g/mol. The number of rotatable bonds is 6. The molecule has 0 heterocycles. The highest BCUT2D eigenvalue weighted by Crippen LogP contribution is 2.29. The van der Waals surface area contributed by atoms with Crippen LogP contribution in [-0.2, 0) is 10.5 Å². The standard InChI is InChI=1S/C19H29NOS/c1-14-7-9-17(10-8-14)13-22-12-11-19(21)20-18-6-4-5-15(2)16(18)3/h7-10,15-16,18H,4-6,11-13H2,1-3H3,(H,20,21)/t15-,16-,18+/m0/s1. The van der Waals surface area contributed by atoms with Gasteiger partial charge < -0.3 is 5.32 Å². The Balaban J connectivity index is 1.64. The predicted molar refractivity (Wildman–Crippen MR) is 96.1 cm³/mol. The van der Waals surface area contributed by atoms with Crippen LogP contribution in [0.5, 0.6) is 0 Å². The van der Waals surface area contributed by atoms with Crippen LogP contribution in [0, 0.1) is 18.8 Å². The normalized spacial score (nSPS) is 25.0. The van der Waals surface area contributed by atoms with Gasteiger partial charge in [0.2, 0.25) is 5.91 Å². The molecule has 0 spiro atoms. The lowest BCUT2D eigenvalue weighted by atomic mass is 9.78. The summed E-state index contributed by atoms with van der Waals surface area (Å²) in [7, 11) is 0. The van der Waals surface area contributed by atoms with E-state index in [4.69, 9.17) is 0 Å². The quantitative estimate of drug-likeness (QED) is 0.779. The van der Waals surface area contributed by atoms with Crippen molar-refractivity contribution in [1.82, 2.24) is 5.32 Å². The van der Waals surface area contributed by atoms with Crippen molar-refractivity contribution in [2.45, 2.75) is 58.2 Å². The fourth-order valence-corrected chi connectivity index (χ4v) is 4.01. The first kappa shape index (κ1) is 17.4. The van der Waals surface area contributed by atoms with E-state index in [-0.39, 0.29) is 5.91 Å². The van der Waals surface area contributed by atoms with Crippen molar-refractivity contribution >= 4 is 17.7 Å². The van der Waals surface area contributed by atoms with E-state index in [0.29, 0.717) is 18.4 Å². The number of amides is 1. The van der Waals surface area contributed by atoms with E-state index in [2.05, 4.69) is 50.4 Å². The lowest BCUT2D eigenvalue weighted by Gasteiger charge is -2.34. The van der Waals surface area contributed by atoms with Gasteiger partial charge in [0.1, 0.15) is 0 Å². The molecule has 0 aliphatic heterocycles. The molecule has 22 heavy (non-hydrogen) atoms. The van der Waals surface area contributed by atoms with Crippen molar-refractivity contribution < 1.29 is 4.79 Å². The summed E-state index contributed by atoms with van der Waals surface area (Å²) in [5.74, 6) is 3.45. The maximum atomic E-state index is 12.1. The van der Waals surface area contributed by atoms with Crippen LogP contribution in [0.15, 0.2) is 24.3 Å². The highest BCUT2D eigenvalue weighted by atomic mass is 32.2. The molecule has 3 heteroatoms. The second-order valence-corrected chi connectivity index (χ2v) is 7.83. The Morgan fingerprint density at radius 1 is 1.23 bits per heavy atom. The molecule has 1 aromatic rings. The third-order valence-electron chi connectivity index (χ3n) is 4.92. The minimum atomic E-state index is 0.224. The van der Waals surface area contributed by atoms with Crippen LogP contribution in [0.2, 0.25) is 0 Å². The van der Waals surface area contributed by atoms with Crippen molar-refractivity contribution in [2.24, 2.45) is 11.8 Å². The minimum Gasteiger partial charge on any atom is -0.353 e. The van der Waals surface area contributed by atoms with Crippen LogP contribution in [0.25, 0.3) is 0 Å². The molecule has 0 aromatic heterocycles. The first-order valence-corrected chi connectivity index (χ1v) is 9.64. The fourth-order valence-electron chi connectivity index (χ4n) is 3.10. The zero-order valence-corrected chi connectivity index (χ0v) is 14.9. The van der Waals surface area contributed by atoms with Gasteiger partial charge in [-0.05, 0) is 30.7 Å². The van der Waals surface area contributed by atoms with Gasteiger partial charge in [-0.2, -0.15) is 11.8 Å². The van der Waals surface area contributed by atoms with Crippen LogP contribution in [0.4, 0.5) is 0 Å². The number of nitrogens with one attached hydrogen (secondary N) is 1. The fraction of sp³-hybridized carbons (Fsp3) is 0.632. The molecular formula is C19H29NOS. The van der Waals surface area contributed by atoms with Crippen molar-refractivity contribution in [1.29, 1.82) is 0 Å². The van der Waals surface area contributed by atoms with Crippen LogP contribution in [-0.4, -0.2) is 17.7 Å². The Morgan fingerprint density at radius 2 is 1.95 bits per heavy atom. The number of hydrogen-bond acceptors (Lipinski definition) is 2. The smallest absolute Gasteiger partial charge is 0.221 e. The van der Waals surface area contributed by atoms with Crippen molar-refractivity contribution in [3.63, 3.8) is 0 Å². The van der Waals surface area contributed by atoms with Gasteiger partial charge in [-0.3, -0.25) is 4.79 Å². The third-order valence-corrected chi connectivity index (χ3v) is 5.95. The van der Waals surface area contributed by atoms with Crippen LogP contribution in [0.3, 0.4) is 0 Å². The summed E-state index contributed by atoms with van der Waals surface area (Å²) in [5, 5.41) is 3.25. The van der Waals surface area contributed by atoms with Crippen LogP contribution in [0.1, 0.15) is 50.7 Å². The molecule has 3 atom stereocenters. The summed E-state index contributed by atoms with van der Waals surface area (Å²) < 4.78 is 0. The van der Waals surface area contributed by atoms with Crippen molar-refractivity contribution in [2.75, 3.05) is 5.75 Å². The zero-order valence-electron chi connectivity index (χ0n) is 14.1. The SMILES string of the molecule is Cc1ccc(CSCCC(=O)N[C@@H]2CCC[C@H](C)[C@@H]2C)cc1. The number of carbonyl (C=O) groups is 1. The molecule has 1 aliphatic carbocycles. The lowest BCUT2D eigenvalue weighted by Crippen LogP contribution is -2.43. The van der Waals surface area contributed by atoms with E-state index in [1.54, 1.807) is 0 Å². The molecule has 2 nitrogen and oxygen atoms in total. The Labute approximate surface area is 139 Å². The maximum absolute atomic E-state index is 12.1. The summed E-state index contributed by atoms with van der Waals surface area (Å²) in [6.07, 6.45) is 4.33. The van der Waals surface area contributed by atoms with Gasteiger partial charge in [-0.1, -0.05) is 56.5 Å². The summed E-state index contributed by atoms with van der Waals surface area (Å²) in [6, 6.07) is 9.03. The topological polar surface area (TPSA) is 29.1 Å². The predicted octanol–water partition coefficient (Wildman–Crippen LogP) is 4.56. The second kappa shape index (κ2) is 8.61. The Hall–Kier alpha value is -0.960. The van der Waals surface area contributed by atoms with Gasteiger partial charge in [0.05, 0.1) is 0 Å². The summed E-state index contributed by atoms with van der Waals surface area (Å²) >= 11 is 1.84. The molecule has 122 valence electrons. The summed E-state index contributed by atoms with van der Waals surface area (Å²) in [5.41, 5.74) is 2.63. The first-order chi connectivity index (χ1) is 10.6. The molecule has 1 aromatic carbocycles. The minimum absolute atomic E-state index is 0.224. The molecule has 0 unspecified atom stereocenters. The lowest BCUT2D eigenvalue weighted by molar-refractivity contribution is -0.122. The molecule has 0 saturated heterocycles. The molecular weight excluding hydrogens is 290 g/mol. The maximum Gasteiger partial charge on any atom is 0.221 e. The molecule has 2 rings (SSSR count). The molecule has 1 N–H and O–H groups in total. The number of benzene rings is 1. The van der Waals surface area contributed by atoms with Gasteiger partial charge in [-0.25, -0.2) is 0 Å². The largest absolute Gasteiger partial charge is 0.353 e. The van der Waals surface area contributed by atoms with Crippen molar-refractivity contribution in [3.05, 3.63) is 35.4 Å². The van der Waals surface area contributed by atoms with E-state index in [9.17, 15) is 4.79 Å². The van der Waals surface area contributed by atoms with E-state index in [1.165, 1.54) is 24.0 Å². The highest BCUT2D eigenvalue weighted by Gasteiger charge is 2.27. The van der Waals surface area contributed by atoms with Gasteiger partial charge in [-0.15, -0.1) is 0 Å². The van der Waals surface area contributed by atoms with E-state index >= 15 is 0 Å². The molecule has 1 fully saturated rings. The zero-order chi connectivity index (χ0) is 15.9. The van der Waals surface area contributed by atoms with Gasteiger partial charge in [0.15, 0.2) is 0 Å². The summed E-state index contributed by atoms with van der Waals surface area (Å²) in [4.78, 5) is 12.1. The first-order valence-electron chi connectivity index (χ1n) is 8.49. The number of carbonyl (C=O) groups excluding carboxylic acids is 1. The second-order valence-electron chi connectivity index (χ2n) is 6.73. The summed E-state index contributed by atoms with van der Waals surface area (Å²) in [6.45, 7) is 6.69. The molecule has 1 aliphatic rings. The molecule has 1 saturated carbocycles. The third kappa shape index (κ3) is 5.35. The molecule has 0 radical (unpaired) electrons.